The van der Waals surface area contributed by atoms with Crippen molar-refractivity contribution >= 4 is 11.7 Å². The van der Waals surface area contributed by atoms with Crippen molar-refractivity contribution in [3.05, 3.63) is 36.4 Å². The molecule has 1 heterocycles. The predicted molar refractivity (Wildman–Crippen MR) is 76.4 cm³/mol. The maximum atomic E-state index is 11.5. The minimum absolute atomic E-state index is 0.260. The Morgan fingerprint density at radius 2 is 2.10 bits per heavy atom. The lowest BCUT2D eigenvalue weighted by Gasteiger charge is -2.15. The van der Waals surface area contributed by atoms with Crippen LogP contribution < -0.4 is 5.32 Å². The van der Waals surface area contributed by atoms with Crippen molar-refractivity contribution in [1.82, 2.24) is 4.98 Å². The summed E-state index contributed by atoms with van der Waals surface area (Å²) in [4.78, 5) is 15.8. The number of oxazole rings is 1. The molecule has 0 spiro atoms. The average molecular weight is 274 g/mol. The molecule has 0 radical (unpaired) electrons. The number of ether oxygens (including phenoxy) is 1. The van der Waals surface area contributed by atoms with Crippen molar-refractivity contribution in [3.63, 3.8) is 0 Å². The second-order valence-corrected chi connectivity index (χ2v) is 4.46. The van der Waals surface area contributed by atoms with E-state index in [0.29, 0.717) is 12.3 Å². The number of anilines is 1. The van der Waals surface area contributed by atoms with Gasteiger partial charge in [0.2, 0.25) is 0 Å². The summed E-state index contributed by atoms with van der Waals surface area (Å²) in [5, 5.41) is 3.14. The van der Waals surface area contributed by atoms with Crippen LogP contribution >= 0.6 is 0 Å². The summed E-state index contributed by atoms with van der Waals surface area (Å²) >= 11 is 0. The van der Waals surface area contributed by atoms with Gasteiger partial charge in [-0.2, -0.15) is 0 Å². The lowest BCUT2D eigenvalue weighted by molar-refractivity contribution is -0.141. The van der Waals surface area contributed by atoms with E-state index in [4.69, 9.17) is 9.15 Å². The van der Waals surface area contributed by atoms with E-state index in [9.17, 15) is 4.79 Å². The Hall–Kier alpha value is -2.30. The number of aryl methyl sites for hydroxylation is 1. The van der Waals surface area contributed by atoms with E-state index >= 15 is 0 Å². The van der Waals surface area contributed by atoms with E-state index in [1.807, 2.05) is 38.1 Å². The molecule has 2 rings (SSSR count). The molecule has 106 valence electrons. The second-order valence-electron chi connectivity index (χ2n) is 4.46. The highest BCUT2D eigenvalue weighted by Gasteiger charge is 2.16. The van der Waals surface area contributed by atoms with Crippen LogP contribution in [0.25, 0.3) is 11.3 Å². The molecule has 5 nitrogen and oxygen atoms in total. The van der Waals surface area contributed by atoms with Gasteiger partial charge < -0.3 is 14.5 Å². The first-order valence-electron chi connectivity index (χ1n) is 6.51. The summed E-state index contributed by atoms with van der Waals surface area (Å²) in [6.45, 7) is 3.74. The van der Waals surface area contributed by atoms with Crippen LogP contribution in [0.5, 0.6) is 0 Å². The van der Waals surface area contributed by atoms with Gasteiger partial charge >= 0.3 is 5.97 Å². The van der Waals surface area contributed by atoms with Crippen LogP contribution in [0.2, 0.25) is 0 Å². The normalized spacial score (nSPS) is 11.9. The lowest BCUT2D eigenvalue weighted by atomic mass is 10.1. The quantitative estimate of drug-likeness (QED) is 0.849. The zero-order valence-electron chi connectivity index (χ0n) is 11.8. The maximum Gasteiger partial charge on any atom is 0.328 e. The third-order valence-corrected chi connectivity index (χ3v) is 3.03. The number of carbonyl (C=O) groups is 1. The molecule has 1 N–H and O–H groups in total. The zero-order valence-corrected chi connectivity index (χ0v) is 11.8. The minimum atomic E-state index is -0.333. The highest BCUT2D eigenvalue weighted by molar-refractivity contribution is 5.79. The van der Waals surface area contributed by atoms with Crippen LogP contribution in [0.4, 0.5) is 5.69 Å². The fourth-order valence-electron chi connectivity index (χ4n) is 1.90. The SMILES string of the molecule is CCC(Nc1ccc(-c2coc(C)n2)cc1)C(=O)OC. The van der Waals surface area contributed by atoms with E-state index in [2.05, 4.69) is 10.3 Å². The van der Waals surface area contributed by atoms with Crippen LogP contribution in [-0.4, -0.2) is 24.1 Å². The number of esters is 1. The van der Waals surface area contributed by atoms with Crippen LogP contribution in [0.15, 0.2) is 34.9 Å². The van der Waals surface area contributed by atoms with E-state index in [1.54, 1.807) is 6.26 Å². The number of methoxy groups -OCH3 is 1. The average Bonchev–Trinajstić information content (AvgIpc) is 2.91. The molecule has 1 aromatic heterocycles. The largest absolute Gasteiger partial charge is 0.467 e. The summed E-state index contributed by atoms with van der Waals surface area (Å²) in [6, 6.07) is 7.35. The summed E-state index contributed by atoms with van der Waals surface area (Å²) in [5.41, 5.74) is 2.64. The van der Waals surface area contributed by atoms with E-state index < -0.39 is 0 Å². The van der Waals surface area contributed by atoms with Gasteiger partial charge in [-0.1, -0.05) is 19.1 Å². The van der Waals surface area contributed by atoms with Gasteiger partial charge in [0.05, 0.1) is 7.11 Å². The molecule has 5 heteroatoms. The molecule has 0 saturated carbocycles. The van der Waals surface area contributed by atoms with Crippen molar-refractivity contribution in [2.75, 3.05) is 12.4 Å². The van der Waals surface area contributed by atoms with Crippen LogP contribution in [0, 0.1) is 6.92 Å². The number of aromatic nitrogens is 1. The number of hydrogen-bond donors (Lipinski definition) is 1. The van der Waals surface area contributed by atoms with Crippen molar-refractivity contribution < 1.29 is 13.9 Å². The van der Waals surface area contributed by atoms with Gasteiger partial charge in [-0.25, -0.2) is 9.78 Å². The van der Waals surface area contributed by atoms with Gasteiger partial charge in [0, 0.05) is 18.2 Å². The van der Waals surface area contributed by atoms with Gasteiger partial charge in [-0.05, 0) is 18.6 Å². The first kappa shape index (κ1) is 14.1. The Bertz CT molecular complexity index is 575. The van der Waals surface area contributed by atoms with Gasteiger partial charge in [0.1, 0.15) is 18.0 Å². The summed E-state index contributed by atoms with van der Waals surface area (Å²) in [6.07, 6.45) is 2.29. The van der Waals surface area contributed by atoms with E-state index in [-0.39, 0.29) is 12.0 Å². The van der Waals surface area contributed by atoms with Gasteiger partial charge in [-0.15, -0.1) is 0 Å². The first-order chi connectivity index (χ1) is 9.63. The number of carbonyl (C=O) groups excluding carboxylic acids is 1. The van der Waals surface area contributed by atoms with E-state index in [0.717, 1.165) is 16.9 Å². The number of nitrogens with one attached hydrogen (secondary N) is 1. The van der Waals surface area contributed by atoms with Gasteiger partial charge in [-0.3, -0.25) is 0 Å². The molecule has 0 saturated heterocycles. The molecule has 1 aromatic carbocycles. The third kappa shape index (κ3) is 3.17. The van der Waals surface area contributed by atoms with Crippen molar-refractivity contribution in [2.24, 2.45) is 0 Å². The molecule has 0 aliphatic carbocycles. The molecule has 0 amide bonds. The van der Waals surface area contributed by atoms with Gasteiger partial charge in [0.15, 0.2) is 5.89 Å². The minimum Gasteiger partial charge on any atom is -0.467 e. The Balaban J connectivity index is 2.10. The lowest BCUT2D eigenvalue weighted by Crippen LogP contribution is -2.29. The predicted octanol–water partition coefficient (Wildman–Crippen LogP) is 3.01. The smallest absolute Gasteiger partial charge is 0.328 e. The molecule has 20 heavy (non-hydrogen) atoms. The number of nitrogens with zero attached hydrogens (tertiary/aromatic N) is 1. The zero-order chi connectivity index (χ0) is 14.5. The molecule has 2 aromatic rings. The monoisotopic (exact) mass is 274 g/mol. The Morgan fingerprint density at radius 1 is 1.40 bits per heavy atom. The van der Waals surface area contributed by atoms with Crippen LogP contribution in [0.1, 0.15) is 19.2 Å². The fraction of sp³-hybridized carbons (Fsp3) is 0.333. The number of rotatable bonds is 5. The maximum absolute atomic E-state index is 11.5. The molecule has 0 aliphatic rings. The summed E-state index contributed by atoms with van der Waals surface area (Å²) in [5.74, 6) is 0.377. The topological polar surface area (TPSA) is 64.4 Å². The Labute approximate surface area is 118 Å². The van der Waals surface area contributed by atoms with Gasteiger partial charge in [0.25, 0.3) is 0 Å². The third-order valence-electron chi connectivity index (χ3n) is 3.03. The van der Waals surface area contributed by atoms with Crippen LogP contribution in [-0.2, 0) is 9.53 Å². The van der Waals surface area contributed by atoms with Crippen molar-refractivity contribution in [2.45, 2.75) is 26.3 Å². The standard InChI is InChI=1S/C15H18N2O3/c1-4-13(15(18)19-3)17-12-7-5-11(6-8-12)14-9-20-10(2)16-14/h5-9,13,17H,4H2,1-3H3. The molecular weight excluding hydrogens is 256 g/mol. The molecule has 0 aliphatic heterocycles. The fourth-order valence-corrected chi connectivity index (χ4v) is 1.90. The van der Waals surface area contributed by atoms with Crippen molar-refractivity contribution in [3.8, 4) is 11.3 Å². The van der Waals surface area contributed by atoms with Crippen molar-refractivity contribution in [1.29, 1.82) is 0 Å². The Kier molecular flexibility index (Phi) is 4.40. The molecule has 1 atom stereocenters. The van der Waals surface area contributed by atoms with Crippen LogP contribution in [0.3, 0.4) is 0 Å². The molecular formula is C15H18N2O3. The number of benzene rings is 1. The highest BCUT2D eigenvalue weighted by atomic mass is 16.5. The van der Waals surface area contributed by atoms with E-state index in [1.165, 1.54) is 7.11 Å². The molecule has 1 unspecified atom stereocenters. The highest BCUT2D eigenvalue weighted by Crippen LogP contribution is 2.21. The summed E-state index contributed by atoms with van der Waals surface area (Å²) in [7, 11) is 1.39. The number of hydrogen-bond acceptors (Lipinski definition) is 5. The molecule has 0 bridgehead atoms. The molecule has 0 fully saturated rings. The summed E-state index contributed by atoms with van der Waals surface area (Å²) < 4.78 is 9.94. The first-order valence-corrected chi connectivity index (χ1v) is 6.51. The second kappa shape index (κ2) is 6.23. The Morgan fingerprint density at radius 3 is 2.60 bits per heavy atom.